The number of amides is 1. The van der Waals surface area contributed by atoms with Crippen molar-refractivity contribution in [2.45, 2.75) is 13.8 Å². The molecule has 0 aliphatic heterocycles. The molecule has 0 atom stereocenters. The first-order valence-electron chi connectivity index (χ1n) is 5.57. The predicted octanol–water partition coefficient (Wildman–Crippen LogP) is 1.69. The fourth-order valence-corrected chi connectivity index (χ4v) is 1.27. The molecule has 0 fully saturated rings. The smallest absolute Gasteiger partial charge is 0.272 e. The zero-order chi connectivity index (χ0) is 14.6. The molecule has 0 aromatic heterocycles. The molecule has 0 bridgehead atoms. The second kappa shape index (κ2) is 6.03. The standard InChI is InChI=1S/C12H13FN2O4/c1-7(2)11(16)6-14-12(17)9-4-3-8(15(18)19)5-10(9)13/h3-5,7H,6H2,1-2H3,(H,14,17). The van der Waals surface area contributed by atoms with Gasteiger partial charge >= 0.3 is 0 Å². The topological polar surface area (TPSA) is 89.3 Å². The molecule has 7 heteroatoms. The largest absolute Gasteiger partial charge is 0.345 e. The molecule has 1 N–H and O–H groups in total. The molecule has 0 saturated heterocycles. The fraction of sp³-hybridized carbons (Fsp3) is 0.333. The van der Waals surface area contributed by atoms with Crippen LogP contribution in [0.5, 0.6) is 0 Å². The number of nitro groups is 1. The number of non-ortho nitro benzene ring substituents is 1. The van der Waals surface area contributed by atoms with Gasteiger partial charge in [0.25, 0.3) is 11.6 Å². The van der Waals surface area contributed by atoms with E-state index in [-0.39, 0.29) is 23.8 Å². The maximum atomic E-state index is 13.5. The minimum Gasteiger partial charge on any atom is -0.345 e. The molecule has 19 heavy (non-hydrogen) atoms. The Morgan fingerprint density at radius 3 is 2.53 bits per heavy atom. The van der Waals surface area contributed by atoms with E-state index in [2.05, 4.69) is 5.32 Å². The molecule has 102 valence electrons. The zero-order valence-electron chi connectivity index (χ0n) is 10.5. The Labute approximate surface area is 108 Å². The first-order valence-corrected chi connectivity index (χ1v) is 5.57. The predicted molar refractivity (Wildman–Crippen MR) is 65.2 cm³/mol. The van der Waals surface area contributed by atoms with E-state index in [0.717, 1.165) is 12.1 Å². The van der Waals surface area contributed by atoms with Crippen LogP contribution in [-0.2, 0) is 4.79 Å². The number of carbonyl (C=O) groups is 2. The third-order valence-corrected chi connectivity index (χ3v) is 2.48. The van der Waals surface area contributed by atoms with Crippen LogP contribution in [0.3, 0.4) is 0 Å². The summed E-state index contributed by atoms with van der Waals surface area (Å²) in [5.74, 6) is -2.19. The van der Waals surface area contributed by atoms with Gasteiger partial charge < -0.3 is 5.32 Å². The summed E-state index contributed by atoms with van der Waals surface area (Å²) in [6.07, 6.45) is 0. The number of carbonyl (C=O) groups excluding carboxylic acids is 2. The number of rotatable bonds is 5. The highest BCUT2D eigenvalue weighted by Crippen LogP contribution is 2.16. The lowest BCUT2D eigenvalue weighted by Crippen LogP contribution is -2.32. The maximum Gasteiger partial charge on any atom is 0.272 e. The van der Waals surface area contributed by atoms with Crippen molar-refractivity contribution in [3.63, 3.8) is 0 Å². The molecule has 0 spiro atoms. The molecule has 0 aliphatic carbocycles. The monoisotopic (exact) mass is 268 g/mol. The molecule has 1 aromatic rings. The van der Waals surface area contributed by atoms with E-state index >= 15 is 0 Å². The summed E-state index contributed by atoms with van der Waals surface area (Å²) in [6, 6.07) is 2.71. The number of nitrogens with zero attached hydrogens (tertiary/aromatic N) is 1. The summed E-state index contributed by atoms with van der Waals surface area (Å²) >= 11 is 0. The highest BCUT2D eigenvalue weighted by molar-refractivity contribution is 5.97. The van der Waals surface area contributed by atoms with Crippen LogP contribution in [0.25, 0.3) is 0 Å². The van der Waals surface area contributed by atoms with E-state index in [1.165, 1.54) is 0 Å². The van der Waals surface area contributed by atoms with Gasteiger partial charge in [-0.1, -0.05) is 13.8 Å². The normalized spacial score (nSPS) is 10.3. The van der Waals surface area contributed by atoms with Gasteiger partial charge in [0, 0.05) is 12.0 Å². The van der Waals surface area contributed by atoms with Crippen LogP contribution in [0.4, 0.5) is 10.1 Å². The Bertz CT molecular complexity index is 528. The van der Waals surface area contributed by atoms with Gasteiger partial charge in [-0.05, 0) is 6.07 Å². The average Bonchev–Trinajstić information content (AvgIpc) is 2.34. The number of halogens is 1. The molecule has 0 radical (unpaired) electrons. The Morgan fingerprint density at radius 1 is 1.42 bits per heavy atom. The van der Waals surface area contributed by atoms with Crippen molar-refractivity contribution in [3.05, 3.63) is 39.7 Å². The minimum atomic E-state index is -0.997. The average molecular weight is 268 g/mol. The van der Waals surface area contributed by atoms with Gasteiger partial charge in [0.2, 0.25) is 0 Å². The molecule has 0 unspecified atom stereocenters. The van der Waals surface area contributed by atoms with Crippen LogP contribution in [-0.4, -0.2) is 23.2 Å². The first-order chi connectivity index (χ1) is 8.82. The lowest BCUT2D eigenvalue weighted by molar-refractivity contribution is -0.385. The van der Waals surface area contributed by atoms with Crippen LogP contribution in [0.15, 0.2) is 18.2 Å². The van der Waals surface area contributed by atoms with Crippen LogP contribution in [0, 0.1) is 21.8 Å². The molecule has 0 saturated carbocycles. The molecule has 0 heterocycles. The summed E-state index contributed by atoms with van der Waals surface area (Å²) in [5.41, 5.74) is -0.769. The van der Waals surface area contributed by atoms with Gasteiger partial charge in [0.15, 0.2) is 5.78 Å². The summed E-state index contributed by atoms with van der Waals surface area (Å²) in [6.45, 7) is 3.16. The van der Waals surface area contributed by atoms with Gasteiger partial charge in [-0.3, -0.25) is 19.7 Å². The van der Waals surface area contributed by atoms with E-state index in [1.807, 2.05) is 0 Å². The van der Waals surface area contributed by atoms with Crippen LogP contribution >= 0.6 is 0 Å². The number of nitro benzene ring substituents is 1. The Morgan fingerprint density at radius 2 is 2.05 bits per heavy atom. The molecule has 1 aromatic carbocycles. The van der Waals surface area contributed by atoms with Crippen LogP contribution in [0.1, 0.15) is 24.2 Å². The Balaban J connectivity index is 2.78. The van der Waals surface area contributed by atoms with Gasteiger partial charge in [0.1, 0.15) is 5.82 Å². The number of benzene rings is 1. The van der Waals surface area contributed by atoms with E-state index in [9.17, 15) is 24.1 Å². The molecule has 1 amide bonds. The second-order valence-electron chi connectivity index (χ2n) is 4.22. The third kappa shape index (κ3) is 3.84. The van der Waals surface area contributed by atoms with E-state index in [4.69, 9.17) is 0 Å². The van der Waals surface area contributed by atoms with Crippen molar-refractivity contribution in [3.8, 4) is 0 Å². The minimum absolute atomic E-state index is 0.185. The van der Waals surface area contributed by atoms with Crippen molar-refractivity contribution in [2.24, 2.45) is 5.92 Å². The van der Waals surface area contributed by atoms with E-state index < -0.39 is 22.3 Å². The number of ketones is 1. The fourth-order valence-electron chi connectivity index (χ4n) is 1.27. The summed E-state index contributed by atoms with van der Waals surface area (Å²) < 4.78 is 13.5. The lowest BCUT2D eigenvalue weighted by Gasteiger charge is -2.07. The third-order valence-electron chi connectivity index (χ3n) is 2.48. The highest BCUT2D eigenvalue weighted by atomic mass is 19.1. The van der Waals surface area contributed by atoms with E-state index in [1.54, 1.807) is 13.8 Å². The second-order valence-corrected chi connectivity index (χ2v) is 4.22. The lowest BCUT2D eigenvalue weighted by atomic mass is 10.1. The van der Waals surface area contributed by atoms with Crippen molar-refractivity contribution in [2.75, 3.05) is 6.54 Å². The Hall–Kier alpha value is -2.31. The number of Topliss-reactive ketones (excluding diaryl/α,β-unsaturated/α-hetero) is 1. The summed E-state index contributed by atoms with van der Waals surface area (Å²) in [5, 5.41) is 12.7. The molecular weight excluding hydrogens is 255 g/mol. The molecular formula is C12H13FN2O4. The van der Waals surface area contributed by atoms with Crippen LogP contribution < -0.4 is 5.32 Å². The van der Waals surface area contributed by atoms with Gasteiger partial charge in [-0.2, -0.15) is 0 Å². The SMILES string of the molecule is CC(C)C(=O)CNC(=O)c1ccc([N+](=O)[O-])cc1F. The quantitative estimate of drug-likeness (QED) is 0.650. The number of nitrogens with one attached hydrogen (secondary N) is 1. The van der Waals surface area contributed by atoms with Gasteiger partial charge in [-0.15, -0.1) is 0 Å². The number of hydrogen-bond donors (Lipinski definition) is 1. The van der Waals surface area contributed by atoms with Crippen LogP contribution in [0.2, 0.25) is 0 Å². The summed E-state index contributed by atoms with van der Waals surface area (Å²) in [7, 11) is 0. The van der Waals surface area contributed by atoms with Crippen molar-refractivity contribution < 1.29 is 18.9 Å². The van der Waals surface area contributed by atoms with Crippen molar-refractivity contribution in [1.29, 1.82) is 0 Å². The first kappa shape index (κ1) is 14.7. The molecule has 0 aliphatic rings. The van der Waals surface area contributed by atoms with Crippen molar-refractivity contribution >= 4 is 17.4 Å². The van der Waals surface area contributed by atoms with Crippen molar-refractivity contribution in [1.82, 2.24) is 5.32 Å². The maximum absolute atomic E-state index is 13.5. The van der Waals surface area contributed by atoms with E-state index in [0.29, 0.717) is 6.07 Å². The summed E-state index contributed by atoms with van der Waals surface area (Å²) in [4.78, 5) is 32.6. The number of hydrogen-bond acceptors (Lipinski definition) is 4. The zero-order valence-corrected chi connectivity index (χ0v) is 10.5. The van der Waals surface area contributed by atoms with Gasteiger partial charge in [0.05, 0.1) is 23.1 Å². The molecule has 1 rings (SSSR count). The molecule has 6 nitrogen and oxygen atoms in total. The highest BCUT2D eigenvalue weighted by Gasteiger charge is 2.17. The van der Waals surface area contributed by atoms with Gasteiger partial charge in [-0.25, -0.2) is 4.39 Å². The Kier molecular flexibility index (Phi) is 4.68.